The van der Waals surface area contributed by atoms with Crippen LogP contribution < -0.4 is 5.11 Å². The number of alkyl halides is 3. The van der Waals surface area contributed by atoms with Crippen molar-refractivity contribution < 1.29 is 45.5 Å². The molecule has 0 aromatic rings. The van der Waals surface area contributed by atoms with Gasteiger partial charge in [0.05, 0.1) is 0 Å². The zero-order chi connectivity index (χ0) is 6.08. The van der Waals surface area contributed by atoms with Gasteiger partial charge in [0.15, 0.2) is 0 Å². The second kappa shape index (κ2) is 5.51. The SMILES string of the molecule is I.O=C([O-])C(F)(F)F.[Ag+]. The molecule has 60 valence electrons. The van der Waals surface area contributed by atoms with Crippen LogP contribution in [0.5, 0.6) is 0 Å². The van der Waals surface area contributed by atoms with Gasteiger partial charge in [0.1, 0.15) is 5.97 Å². The van der Waals surface area contributed by atoms with Gasteiger partial charge < -0.3 is 9.90 Å². The number of carboxylic acids is 1. The molecule has 0 aromatic carbocycles. The van der Waals surface area contributed by atoms with Crippen molar-refractivity contribution in [2.75, 3.05) is 0 Å². The standard InChI is InChI=1S/C2HF3O2.Ag.HI/c3-2(4,5)1(6)7;;/h(H,6,7);;1H/q;+1;/p-1. The average molecular weight is 349 g/mol. The van der Waals surface area contributed by atoms with Crippen molar-refractivity contribution in [1.29, 1.82) is 0 Å². The van der Waals surface area contributed by atoms with E-state index in [0.29, 0.717) is 0 Å². The van der Waals surface area contributed by atoms with E-state index in [-0.39, 0.29) is 46.4 Å². The van der Waals surface area contributed by atoms with Gasteiger partial charge in [0.2, 0.25) is 0 Å². The molecule has 0 saturated carbocycles. The van der Waals surface area contributed by atoms with Crippen molar-refractivity contribution >= 4 is 29.9 Å². The summed E-state index contributed by atoms with van der Waals surface area (Å²) in [6, 6.07) is 0. The van der Waals surface area contributed by atoms with Crippen molar-refractivity contribution in [2.45, 2.75) is 6.18 Å². The van der Waals surface area contributed by atoms with E-state index >= 15 is 0 Å². The topological polar surface area (TPSA) is 40.1 Å². The molecule has 0 atom stereocenters. The monoisotopic (exact) mass is 348 g/mol. The van der Waals surface area contributed by atoms with Crippen LogP contribution in [0.2, 0.25) is 0 Å². The first-order valence-electron chi connectivity index (χ1n) is 1.23. The Kier molecular flexibility index (Phi) is 10.0. The van der Waals surface area contributed by atoms with Gasteiger partial charge in [-0.25, -0.2) is 0 Å². The first-order chi connectivity index (χ1) is 2.94. The number of rotatable bonds is 0. The molecule has 0 spiro atoms. The number of halogens is 4. The van der Waals surface area contributed by atoms with Crippen LogP contribution in [-0.4, -0.2) is 12.1 Å². The first kappa shape index (κ1) is 16.4. The number of hydrogen-bond acceptors (Lipinski definition) is 2. The quantitative estimate of drug-likeness (QED) is 0.453. The van der Waals surface area contributed by atoms with Crippen LogP contribution in [-0.2, 0) is 27.2 Å². The molecule has 0 aliphatic carbocycles. The zero-order valence-electron chi connectivity index (χ0n) is 3.66. The molecule has 0 amide bonds. The van der Waals surface area contributed by atoms with E-state index in [0.717, 1.165) is 0 Å². The first-order valence-corrected chi connectivity index (χ1v) is 1.23. The number of hydrogen-bond donors (Lipinski definition) is 0. The fraction of sp³-hybridized carbons (Fsp3) is 0.500. The second-order valence-corrected chi connectivity index (χ2v) is 0.785. The van der Waals surface area contributed by atoms with Crippen LogP contribution in [0.1, 0.15) is 0 Å². The molecule has 0 aromatic heterocycles. The Bertz CT molecular complexity index is 92.3. The van der Waals surface area contributed by atoms with Crippen molar-refractivity contribution in [3.8, 4) is 0 Å². The van der Waals surface area contributed by atoms with Crippen molar-refractivity contribution in [3.05, 3.63) is 0 Å². The molecule has 9 heavy (non-hydrogen) atoms. The van der Waals surface area contributed by atoms with Gasteiger partial charge in [0.25, 0.3) is 0 Å². The Morgan fingerprint density at radius 2 is 1.44 bits per heavy atom. The zero-order valence-corrected chi connectivity index (χ0v) is 7.47. The molecule has 0 N–H and O–H groups in total. The third-order valence-electron chi connectivity index (χ3n) is 0.231. The second-order valence-electron chi connectivity index (χ2n) is 0.785. The summed E-state index contributed by atoms with van der Waals surface area (Å²) in [5.74, 6) is -3.01. The van der Waals surface area contributed by atoms with Gasteiger partial charge in [-0.15, -0.1) is 24.0 Å². The molecule has 0 bridgehead atoms. The van der Waals surface area contributed by atoms with Crippen LogP contribution >= 0.6 is 24.0 Å². The maximum Gasteiger partial charge on any atom is 1.00 e. The van der Waals surface area contributed by atoms with Crippen LogP contribution in [0, 0.1) is 0 Å². The van der Waals surface area contributed by atoms with Gasteiger partial charge in [-0.3, -0.25) is 0 Å². The van der Waals surface area contributed by atoms with Crippen molar-refractivity contribution in [3.63, 3.8) is 0 Å². The number of carbonyl (C=O) groups excluding carboxylic acids is 1. The Labute approximate surface area is 81.3 Å². The van der Waals surface area contributed by atoms with E-state index in [1.54, 1.807) is 0 Å². The van der Waals surface area contributed by atoms with E-state index in [4.69, 9.17) is 9.90 Å². The minimum Gasteiger partial charge on any atom is -0.542 e. The summed E-state index contributed by atoms with van der Waals surface area (Å²) in [6.07, 6.45) is -5.19. The van der Waals surface area contributed by atoms with Gasteiger partial charge in [-0.1, -0.05) is 0 Å². The molecule has 0 fully saturated rings. The summed E-state index contributed by atoms with van der Waals surface area (Å²) in [7, 11) is 0. The van der Waals surface area contributed by atoms with E-state index in [1.807, 2.05) is 0 Å². The molecule has 0 heterocycles. The summed E-state index contributed by atoms with van der Waals surface area (Å²) in [4.78, 5) is 8.78. The van der Waals surface area contributed by atoms with Crippen molar-refractivity contribution in [2.24, 2.45) is 0 Å². The number of carbonyl (C=O) groups is 1. The Morgan fingerprint density at radius 1 is 1.33 bits per heavy atom. The minimum atomic E-state index is -5.19. The molecule has 2 nitrogen and oxygen atoms in total. The van der Waals surface area contributed by atoms with E-state index < -0.39 is 12.1 Å². The largest absolute Gasteiger partial charge is 1.00 e. The summed E-state index contributed by atoms with van der Waals surface area (Å²) in [5.41, 5.74) is 0. The summed E-state index contributed by atoms with van der Waals surface area (Å²) in [5, 5.41) is 8.78. The molecule has 0 radical (unpaired) electrons. The van der Waals surface area contributed by atoms with Crippen LogP contribution in [0.25, 0.3) is 0 Å². The molecule has 0 aliphatic heterocycles. The maximum absolute atomic E-state index is 10.5. The van der Waals surface area contributed by atoms with Gasteiger partial charge in [-0.05, 0) is 0 Å². The van der Waals surface area contributed by atoms with Crippen LogP contribution in [0.15, 0.2) is 0 Å². The minimum absolute atomic E-state index is 0. The van der Waals surface area contributed by atoms with Gasteiger partial charge in [-0.2, -0.15) is 13.2 Å². The predicted molar refractivity (Wildman–Crippen MR) is 26.5 cm³/mol. The molecule has 0 rings (SSSR count). The van der Waals surface area contributed by atoms with Gasteiger partial charge >= 0.3 is 28.6 Å². The van der Waals surface area contributed by atoms with E-state index in [1.165, 1.54) is 0 Å². The molecular weight excluding hydrogens is 348 g/mol. The fourth-order valence-electron chi connectivity index (χ4n) is 0. The number of aliphatic carboxylic acids is 1. The molecule has 7 heteroatoms. The predicted octanol–water partition coefficient (Wildman–Crippen LogP) is -0.0859. The molecule has 0 unspecified atom stereocenters. The Morgan fingerprint density at radius 3 is 1.44 bits per heavy atom. The smallest absolute Gasteiger partial charge is 0.542 e. The summed E-state index contributed by atoms with van der Waals surface area (Å²) < 4.78 is 31.5. The van der Waals surface area contributed by atoms with E-state index in [9.17, 15) is 13.2 Å². The number of carboxylic acid groups (broad SMARTS) is 1. The van der Waals surface area contributed by atoms with Crippen LogP contribution in [0.4, 0.5) is 13.2 Å². The van der Waals surface area contributed by atoms with Crippen LogP contribution in [0.3, 0.4) is 0 Å². The van der Waals surface area contributed by atoms with Gasteiger partial charge in [0, 0.05) is 0 Å². The average Bonchev–Trinajstić information content (AvgIpc) is 1.31. The molecule has 0 saturated heterocycles. The fourth-order valence-corrected chi connectivity index (χ4v) is 0. The Hall–Kier alpha value is 0.730. The van der Waals surface area contributed by atoms with E-state index in [2.05, 4.69) is 0 Å². The summed E-state index contributed by atoms with van der Waals surface area (Å²) in [6.45, 7) is 0. The third-order valence-corrected chi connectivity index (χ3v) is 0.231. The molecule has 0 aliphatic rings. The third kappa shape index (κ3) is 8.73. The summed E-state index contributed by atoms with van der Waals surface area (Å²) >= 11 is 0. The normalized spacial score (nSPS) is 8.78. The van der Waals surface area contributed by atoms with Crippen molar-refractivity contribution in [1.82, 2.24) is 0 Å². The Balaban J connectivity index is -0.000000180. The maximum atomic E-state index is 10.5. The molecular formula is C2HAgF3IO2.